The fourth-order valence-electron chi connectivity index (χ4n) is 4.63. The maximum Gasteiger partial charge on any atom is 0.416 e. The van der Waals surface area contributed by atoms with Gasteiger partial charge in [-0.1, -0.05) is 12.1 Å². The van der Waals surface area contributed by atoms with Crippen LogP contribution in [0.4, 0.5) is 4.79 Å². The highest BCUT2D eigenvalue weighted by Gasteiger charge is 2.36. The second-order valence-electron chi connectivity index (χ2n) is 8.66. The van der Waals surface area contributed by atoms with E-state index in [0.717, 1.165) is 27.7 Å². The molecular formula is C27H28N2O6S. The maximum atomic E-state index is 13.4. The SMILES string of the molecule is COc1ccc(OC(=O)N2CCc3c([nH]c4ccc(S(C)(=O)=O)cc34)C2c2ccc(OC)cc2)cc1.[HH]. The first-order valence-electron chi connectivity index (χ1n) is 11.4. The molecule has 2 heterocycles. The largest absolute Gasteiger partial charge is 0.497 e. The monoisotopic (exact) mass is 508 g/mol. The molecule has 0 radical (unpaired) electrons. The Hall–Kier alpha value is -3.98. The summed E-state index contributed by atoms with van der Waals surface area (Å²) in [6, 6.07) is 19.0. The smallest absolute Gasteiger partial charge is 0.416 e. The number of fused-ring (bicyclic) bond motifs is 3. The van der Waals surface area contributed by atoms with Crippen LogP contribution < -0.4 is 14.2 Å². The zero-order chi connectivity index (χ0) is 25.4. The molecule has 0 spiro atoms. The second-order valence-corrected chi connectivity index (χ2v) is 10.7. The van der Waals surface area contributed by atoms with E-state index < -0.39 is 22.0 Å². The summed E-state index contributed by atoms with van der Waals surface area (Å²) in [5.41, 5.74) is 3.51. The van der Waals surface area contributed by atoms with Crippen LogP contribution in [-0.4, -0.2) is 51.4 Å². The van der Waals surface area contributed by atoms with Crippen molar-refractivity contribution in [3.63, 3.8) is 0 Å². The highest BCUT2D eigenvalue weighted by molar-refractivity contribution is 7.90. The van der Waals surface area contributed by atoms with Crippen molar-refractivity contribution in [2.75, 3.05) is 27.0 Å². The molecule has 0 bridgehead atoms. The molecule has 0 saturated heterocycles. The number of aromatic nitrogens is 1. The molecule has 3 aromatic carbocycles. The molecule has 1 aromatic heterocycles. The number of carbonyl (C=O) groups excluding carboxylic acids is 1. The zero-order valence-corrected chi connectivity index (χ0v) is 21.0. The van der Waals surface area contributed by atoms with Crippen LogP contribution in [0.3, 0.4) is 0 Å². The van der Waals surface area contributed by atoms with Gasteiger partial charge < -0.3 is 19.2 Å². The number of hydrogen-bond donors (Lipinski definition) is 1. The third-order valence-electron chi connectivity index (χ3n) is 6.46. The molecule has 188 valence electrons. The molecule has 1 aliphatic rings. The second kappa shape index (κ2) is 9.23. The number of aromatic amines is 1. The van der Waals surface area contributed by atoms with Crippen LogP contribution in [0, 0.1) is 0 Å². The molecule has 4 aromatic rings. The number of nitrogens with one attached hydrogen (secondary N) is 1. The molecule has 1 atom stereocenters. The maximum absolute atomic E-state index is 13.4. The number of sulfone groups is 1. The van der Waals surface area contributed by atoms with Gasteiger partial charge >= 0.3 is 6.09 Å². The van der Waals surface area contributed by atoms with Crippen molar-refractivity contribution in [2.45, 2.75) is 17.4 Å². The first-order valence-corrected chi connectivity index (χ1v) is 13.3. The van der Waals surface area contributed by atoms with Crippen molar-refractivity contribution in [2.24, 2.45) is 0 Å². The van der Waals surface area contributed by atoms with E-state index in [4.69, 9.17) is 14.2 Å². The predicted molar refractivity (Wildman–Crippen MR) is 138 cm³/mol. The number of H-pyrrole nitrogens is 1. The van der Waals surface area contributed by atoms with Gasteiger partial charge in [-0.15, -0.1) is 0 Å². The Morgan fingerprint density at radius 2 is 1.56 bits per heavy atom. The lowest BCUT2D eigenvalue weighted by Crippen LogP contribution is -2.42. The fraction of sp³-hybridized carbons (Fsp3) is 0.222. The third-order valence-corrected chi connectivity index (χ3v) is 7.57. The minimum Gasteiger partial charge on any atom is -0.497 e. The lowest BCUT2D eigenvalue weighted by Gasteiger charge is -2.35. The van der Waals surface area contributed by atoms with Crippen LogP contribution in [0.25, 0.3) is 10.9 Å². The summed E-state index contributed by atoms with van der Waals surface area (Å²) in [4.78, 5) is 18.8. The number of ether oxygens (including phenoxy) is 3. The van der Waals surface area contributed by atoms with Crippen molar-refractivity contribution in [3.8, 4) is 17.2 Å². The van der Waals surface area contributed by atoms with E-state index in [0.29, 0.717) is 30.2 Å². The van der Waals surface area contributed by atoms with Crippen LogP contribution in [-0.2, 0) is 16.3 Å². The molecule has 36 heavy (non-hydrogen) atoms. The third kappa shape index (κ3) is 4.37. The highest BCUT2D eigenvalue weighted by Crippen LogP contribution is 2.40. The summed E-state index contributed by atoms with van der Waals surface area (Å²) in [7, 11) is -0.182. The molecule has 1 unspecified atom stereocenters. The van der Waals surface area contributed by atoms with Gasteiger partial charge in [-0.05, 0) is 72.1 Å². The van der Waals surface area contributed by atoms with Gasteiger partial charge in [-0.3, -0.25) is 4.90 Å². The van der Waals surface area contributed by atoms with Crippen molar-refractivity contribution in [3.05, 3.63) is 83.6 Å². The number of nitrogens with zero attached hydrogens (tertiary/aromatic N) is 1. The Labute approximate surface area is 210 Å². The van der Waals surface area contributed by atoms with Gasteiger partial charge in [0.15, 0.2) is 9.84 Å². The topological polar surface area (TPSA) is 97.9 Å². The zero-order valence-electron chi connectivity index (χ0n) is 20.1. The van der Waals surface area contributed by atoms with E-state index in [2.05, 4.69) is 4.98 Å². The van der Waals surface area contributed by atoms with Crippen LogP contribution in [0.1, 0.15) is 24.3 Å². The molecule has 1 amide bonds. The van der Waals surface area contributed by atoms with Gasteiger partial charge in [0.25, 0.3) is 0 Å². The van der Waals surface area contributed by atoms with E-state index >= 15 is 0 Å². The van der Waals surface area contributed by atoms with Crippen LogP contribution in [0.5, 0.6) is 17.2 Å². The number of rotatable bonds is 5. The quantitative estimate of drug-likeness (QED) is 0.408. The molecule has 1 N–H and O–H groups in total. The van der Waals surface area contributed by atoms with E-state index in [1.807, 2.05) is 24.3 Å². The minimum absolute atomic E-state index is 0. The summed E-state index contributed by atoms with van der Waals surface area (Å²) < 4.78 is 40.5. The summed E-state index contributed by atoms with van der Waals surface area (Å²) in [6.07, 6.45) is 1.26. The lowest BCUT2D eigenvalue weighted by atomic mass is 9.92. The summed E-state index contributed by atoms with van der Waals surface area (Å²) >= 11 is 0. The molecule has 8 nitrogen and oxygen atoms in total. The standard InChI is InChI=1S/C27H26N2O6S.H2/c1-33-18-6-4-17(5-7-18)26-25-22(23-16-21(36(3,31)32)12-13-24(23)28-25)14-15-29(26)27(30)35-20-10-8-19(34-2)9-11-20;/h4-13,16,26,28H,14-15H2,1-3H3;1H. The molecule has 0 aliphatic carbocycles. The Morgan fingerprint density at radius 1 is 0.944 bits per heavy atom. The summed E-state index contributed by atoms with van der Waals surface area (Å²) in [5.74, 6) is 1.78. The number of amides is 1. The van der Waals surface area contributed by atoms with Crippen LogP contribution in [0.15, 0.2) is 71.6 Å². The minimum atomic E-state index is -3.36. The molecule has 0 saturated carbocycles. The first-order chi connectivity index (χ1) is 17.3. The van der Waals surface area contributed by atoms with E-state index in [1.54, 1.807) is 61.6 Å². The average Bonchev–Trinajstić information content (AvgIpc) is 3.26. The number of methoxy groups -OCH3 is 2. The fourth-order valence-corrected chi connectivity index (χ4v) is 5.28. The van der Waals surface area contributed by atoms with Gasteiger partial charge in [0, 0.05) is 30.8 Å². The summed E-state index contributed by atoms with van der Waals surface area (Å²) in [6.45, 7) is 0.398. The molecule has 5 rings (SSSR count). The van der Waals surface area contributed by atoms with Crippen LogP contribution in [0.2, 0.25) is 0 Å². The predicted octanol–water partition coefficient (Wildman–Crippen LogP) is 4.98. The van der Waals surface area contributed by atoms with Crippen LogP contribution >= 0.6 is 0 Å². The Balaban J connectivity index is 0.00000320. The number of carbonyl (C=O) groups is 1. The Morgan fingerprint density at radius 3 is 2.17 bits per heavy atom. The van der Waals surface area contributed by atoms with E-state index in [-0.39, 0.29) is 6.32 Å². The average molecular weight is 509 g/mol. The first kappa shape index (κ1) is 23.7. The van der Waals surface area contributed by atoms with Gasteiger partial charge in [0.05, 0.1) is 19.1 Å². The van der Waals surface area contributed by atoms with Crippen molar-refractivity contribution in [1.29, 1.82) is 0 Å². The summed E-state index contributed by atoms with van der Waals surface area (Å²) in [5, 5.41) is 0.842. The molecule has 0 fully saturated rings. The Kier molecular flexibility index (Phi) is 6.09. The van der Waals surface area contributed by atoms with Crippen molar-refractivity contribution in [1.82, 2.24) is 9.88 Å². The van der Waals surface area contributed by atoms with E-state index in [9.17, 15) is 13.2 Å². The number of hydrogen-bond acceptors (Lipinski definition) is 6. The van der Waals surface area contributed by atoms with E-state index in [1.165, 1.54) is 6.26 Å². The highest BCUT2D eigenvalue weighted by atomic mass is 32.2. The molecule has 1 aliphatic heterocycles. The van der Waals surface area contributed by atoms with Gasteiger partial charge in [0.1, 0.15) is 23.3 Å². The van der Waals surface area contributed by atoms with Gasteiger partial charge in [-0.25, -0.2) is 13.2 Å². The van der Waals surface area contributed by atoms with Gasteiger partial charge in [-0.2, -0.15) is 0 Å². The van der Waals surface area contributed by atoms with Crippen molar-refractivity contribution >= 4 is 26.8 Å². The molecular weight excluding hydrogens is 480 g/mol. The normalized spacial score (nSPS) is 15.4. The lowest BCUT2D eigenvalue weighted by molar-refractivity contribution is 0.135. The Bertz CT molecular complexity index is 1530. The number of benzene rings is 3. The van der Waals surface area contributed by atoms with Gasteiger partial charge in [0.2, 0.25) is 0 Å². The van der Waals surface area contributed by atoms with Crippen molar-refractivity contribution < 1.29 is 28.8 Å². The molecule has 9 heteroatoms.